The zero-order valence-corrected chi connectivity index (χ0v) is 11.3. The zero-order chi connectivity index (χ0) is 12.8. The van der Waals surface area contributed by atoms with Gasteiger partial charge in [-0.3, -0.25) is 4.90 Å². The summed E-state index contributed by atoms with van der Waals surface area (Å²) < 4.78 is 5.81. The zero-order valence-electron chi connectivity index (χ0n) is 11.3. The maximum atomic E-state index is 6.19. The second-order valence-corrected chi connectivity index (χ2v) is 6.25. The van der Waals surface area contributed by atoms with Gasteiger partial charge in [0.25, 0.3) is 0 Å². The Kier molecular flexibility index (Phi) is 2.78. The second kappa shape index (κ2) is 4.50. The van der Waals surface area contributed by atoms with E-state index in [0.717, 1.165) is 18.8 Å². The molecule has 3 aliphatic rings. The van der Waals surface area contributed by atoms with Crippen LogP contribution in [0.3, 0.4) is 0 Å². The molecule has 0 amide bonds. The summed E-state index contributed by atoms with van der Waals surface area (Å²) >= 11 is 0. The van der Waals surface area contributed by atoms with Gasteiger partial charge in [0.15, 0.2) is 0 Å². The van der Waals surface area contributed by atoms with E-state index in [1.807, 2.05) is 0 Å². The molecule has 3 aliphatic heterocycles. The Labute approximate surface area is 114 Å². The summed E-state index contributed by atoms with van der Waals surface area (Å²) in [5, 5.41) is 0. The minimum absolute atomic E-state index is 0.420. The predicted octanol–water partition coefficient (Wildman–Crippen LogP) is 2.46. The van der Waals surface area contributed by atoms with Crippen molar-refractivity contribution in [1.29, 1.82) is 0 Å². The first-order valence-electron chi connectivity index (χ1n) is 7.57. The number of ether oxygens (including phenoxy) is 1. The fraction of sp³-hybridized carbons (Fsp3) is 0.625. The summed E-state index contributed by atoms with van der Waals surface area (Å²) in [4.78, 5) is 2.77. The van der Waals surface area contributed by atoms with Crippen LogP contribution >= 0.6 is 0 Å². The van der Waals surface area contributed by atoms with E-state index in [4.69, 9.17) is 10.5 Å². The average molecular weight is 258 g/mol. The quantitative estimate of drug-likeness (QED) is 0.841. The van der Waals surface area contributed by atoms with Crippen molar-refractivity contribution in [2.45, 2.75) is 56.3 Å². The van der Waals surface area contributed by atoms with Gasteiger partial charge in [0.2, 0.25) is 0 Å². The van der Waals surface area contributed by atoms with E-state index in [9.17, 15) is 0 Å². The van der Waals surface area contributed by atoms with E-state index in [0.29, 0.717) is 24.2 Å². The first kappa shape index (κ1) is 11.7. The van der Waals surface area contributed by atoms with Gasteiger partial charge in [0, 0.05) is 36.2 Å². The van der Waals surface area contributed by atoms with E-state index >= 15 is 0 Å². The van der Waals surface area contributed by atoms with E-state index in [1.165, 1.54) is 31.2 Å². The van der Waals surface area contributed by atoms with Crippen molar-refractivity contribution >= 4 is 0 Å². The number of piperidine rings is 1. The molecule has 3 nitrogen and oxygen atoms in total. The van der Waals surface area contributed by atoms with Crippen LogP contribution in [0.25, 0.3) is 0 Å². The van der Waals surface area contributed by atoms with Crippen molar-refractivity contribution < 1.29 is 4.74 Å². The van der Waals surface area contributed by atoms with Gasteiger partial charge in [0.1, 0.15) is 5.75 Å². The third-order valence-corrected chi connectivity index (χ3v) is 5.11. The Hall–Kier alpha value is -1.06. The lowest BCUT2D eigenvalue weighted by molar-refractivity contribution is 0.0536. The van der Waals surface area contributed by atoms with Gasteiger partial charge >= 0.3 is 0 Å². The van der Waals surface area contributed by atoms with Gasteiger partial charge in [-0.2, -0.15) is 0 Å². The van der Waals surface area contributed by atoms with Crippen LogP contribution in [0.1, 0.15) is 43.7 Å². The van der Waals surface area contributed by atoms with Crippen LogP contribution in [0.4, 0.5) is 0 Å². The largest absolute Gasteiger partial charge is 0.493 e. The Morgan fingerprint density at radius 1 is 1.05 bits per heavy atom. The predicted molar refractivity (Wildman–Crippen MR) is 75.2 cm³/mol. The van der Waals surface area contributed by atoms with Crippen molar-refractivity contribution in [3.05, 3.63) is 29.8 Å². The summed E-state index contributed by atoms with van der Waals surface area (Å²) in [6.07, 6.45) is 6.14. The maximum Gasteiger partial charge on any atom is 0.124 e. The average Bonchev–Trinajstić information content (AvgIpc) is 2.70. The van der Waals surface area contributed by atoms with Crippen molar-refractivity contribution in [1.82, 2.24) is 4.90 Å². The first-order valence-corrected chi connectivity index (χ1v) is 7.57. The molecule has 0 aliphatic carbocycles. The molecule has 2 bridgehead atoms. The van der Waals surface area contributed by atoms with Crippen LogP contribution in [0, 0.1) is 0 Å². The molecule has 2 N–H and O–H groups in total. The number of nitrogens with two attached hydrogens (primary N) is 1. The number of nitrogens with zero attached hydrogens (tertiary/aromatic N) is 1. The summed E-state index contributed by atoms with van der Waals surface area (Å²) in [7, 11) is 0. The molecule has 2 fully saturated rings. The number of hydrogen-bond acceptors (Lipinski definition) is 3. The molecule has 1 aromatic rings. The molecular weight excluding hydrogens is 236 g/mol. The summed E-state index contributed by atoms with van der Waals surface area (Å²) in [6, 6.07) is 10.9. The maximum absolute atomic E-state index is 6.19. The van der Waals surface area contributed by atoms with E-state index < -0.39 is 0 Å². The minimum Gasteiger partial charge on any atom is -0.493 e. The molecule has 3 heterocycles. The van der Waals surface area contributed by atoms with E-state index in [1.54, 1.807) is 0 Å². The standard InChI is InChI=1S/C16H22N2O/c17-11-9-12-5-6-13(10-11)18(12)15-7-8-19-16-4-2-1-3-14(15)16/h1-4,11-13,15H,5-10,17H2. The molecule has 1 aromatic carbocycles. The fourth-order valence-corrected chi connectivity index (χ4v) is 4.40. The third kappa shape index (κ3) is 1.87. The highest BCUT2D eigenvalue weighted by Crippen LogP contribution is 2.45. The topological polar surface area (TPSA) is 38.5 Å². The normalized spacial score (nSPS) is 37.7. The number of hydrogen-bond donors (Lipinski definition) is 1. The SMILES string of the molecule is NC1CC2CCC(C1)N2C1CCOc2ccccc21. The lowest BCUT2D eigenvalue weighted by Gasteiger charge is -2.44. The van der Waals surface area contributed by atoms with Gasteiger partial charge in [-0.05, 0) is 31.7 Å². The lowest BCUT2D eigenvalue weighted by Crippen LogP contribution is -2.49. The molecule has 3 heteroatoms. The number of rotatable bonds is 1. The highest BCUT2D eigenvalue weighted by molar-refractivity contribution is 5.38. The number of para-hydroxylation sites is 1. The molecule has 0 saturated carbocycles. The van der Waals surface area contributed by atoms with Crippen LogP contribution < -0.4 is 10.5 Å². The molecule has 19 heavy (non-hydrogen) atoms. The molecule has 3 atom stereocenters. The van der Waals surface area contributed by atoms with Crippen molar-refractivity contribution in [2.75, 3.05) is 6.61 Å². The molecule has 102 valence electrons. The van der Waals surface area contributed by atoms with Crippen LogP contribution in [0.15, 0.2) is 24.3 Å². The third-order valence-electron chi connectivity index (χ3n) is 5.11. The summed E-state index contributed by atoms with van der Waals surface area (Å²) in [5.74, 6) is 1.09. The van der Waals surface area contributed by atoms with E-state index in [-0.39, 0.29) is 0 Å². The molecule has 0 aromatic heterocycles. The molecule has 2 saturated heterocycles. The number of benzene rings is 1. The molecule has 4 rings (SSSR count). The Morgan fingerprint density at radius 2 is 1.79 bits per heavy atom. The van der Waals surface area contributed by atoms with Gasteiger partial charge in [-0.25, -0.2) is 0 Å². The van der Waals surface area contributed by atoms with Gasteiger partial charge in [0.05, 0.1) is 6.61 Å². The molecule has 0 radical (unpaired) electrons. The van der Waals surface area contributed by atoms with Gasteiger partial charge < -0.3 is 10.5 Å². The Balaban J connectivity index is 1.67. The highest BCUT2D eigenvalue weighted by Gasteiger charge is 2.44. The van der Waals surface area contributed by atoms with Gasteiger partial charge in [-0.15, -0.1) is 0 Å². The molecule has 0 spiro atoms. The van der Waals surface area contributed by atoms with Crippen LogP contribution in [0.2, 0.25) is 0 Å². The van der Waals surface area contributed by atoms with E-state index in [2.05, 4.69) is 29.2 Å². The molecular formula is C16H22N2O. The summed E-state index contributed by atoms with van der Waals surface area (Å²) in [5.41, 5.74) is 7.58. The molecule has 3 unspecified atom stereocenters. The number of fused-ring (bicyclic) bond motifs is 3. The van der Waals surface area contributed by atoms with Crippen molar-refractivity contribution in [2.24, 2.45) is 5.73 Å². The van der Waals surface area contributed by atoms with Crippen LogP contribution in [0.5, 0.6) is 5.75 Å². The highest BCUT2D eigenvalue weighted by atomic mass is 16.5. The second-order valence-electron chi connectivity index (χ2n) is 6.25. The Bertz CT molecular complexity index is 462. The Morgan fingerprint density at radius 3 is 2.58 bits per heavy atom. The smallest absolute Gasteiger partial charge is 0.124 e. The first-order chi connectivity index (χ1) is 9.33. The lowest BCUT2D eigenvalue weighted by atomic mass is 9.91. The van der Waals surface area contributed by atoms with Crippen LogP contribution in [-0.4, -0.2) is 29.6 Å². The van der Waals surface area contributed by atoms with Gasteiger partial charge in [-0.1, -0.05) is 18.2 Å². The van der Waals surface area contributed by atoms with Crippen molar-refractivity contribution in [3.8, 4) is 5.75 Å². The fourth-order valence-electron chi connectivity index (χ4n) is 4.40. The summed E-state index contributed by atoms with van der Waals surface area (Å²) in [6.45, 7) is 0.851. The minimum atomic E-state index is 0.420. The van der Waals surface area contributed by atoms with Crippen molar-refractivity contribution in [3.63, 3.8) is 0 Å². The monoisotopic (exact) mass is 258 g/mol. The van der Waals surface area contributed by atoms with Crippen LogP contribution in [-0.2, 0) is 0 Å².